The third-order valence-corrected chi connectivity index (χ3v) is 8.11. The van der Waals surface area contributed by atoms with E-state index in [2.05, 4.69) is 18.2 Å². The molecule has 3 aromatic carbocycles. The molecule has 8 heteroatoms. The summed E-state index contributed by atoms with van der Waals surface area (Å²) in [4.78, 5) is 31.3. The van der Waals surface area contributed by atoms with Crippen LogP contribution in [0.4, 0.5) is 0 Å². The molecule has 2 aliphatic rings. The fraction of sp³-hybridized carbons (Fsp3) is 0.219. The summed E-state index contributed by atoms with van der Waals surface area (Å²) in [5.41, 5.74) is 6.18. The van der Waals surface area contributed by atoms with Crippen LogP contribution in [0.1, 0.15) is 48.6 Å². The molecule has 0 radical (unpaired) electrons. The van der Waals surface area contributed by atoms with Gasteiger partial charge in [0.1, 0.15) is 5.75 Å². The molecule has 7 nitrogen and oxygen atoms in total. The molecule has 0 bridgehead atoms. The van der Waals surface area contributed by atoms with Crippen LogP contribution in [-0.4, -0.2) is 24.3 Å². The normalized spacial score (nSPS) is 16.0. The molecule has 2 heterocycles. The Bertz CT molecular complexity index is 1830. The quantitative estimate of drug-likeness (QED) is 0.257. The van der Waals surface area contributed by atoms with Gasteiger partial charge < -0.3 is 14.2 Å². The largest absolute Gasteiger partial charge is 0.497 e. The van der Waals surface area contributed by atoms with Gasteiger partial charge in [0, 0.05) is 12.5 Å². The Morgan fingerprint density at radius 3 is 2.62 bits per heavy atom. The molecule has 0 saturated heterocycles. The maximum Gasteiger partial charge on any atom is 0.308 e. The van der Waals surface area contributed by atoms with Gasteiger partial charge >= 0.3 is 5.97 Å². The summed E-state index contributed by atoms with van der Waals surface area (Å²) in [6.07, 6.45) is 3.56. The zero-order valence-electron chi connectivity index (χ0n) is 22.5. The van der Waals surface area contributed by atoms with Gasteiger partial charge in [-0.15, -0.1) is 0 Å². The summed E-state index contributed by atoms with van der Waals surface area (Å²) in [6.45, 7) is 3.62. The van der Waals surface area contributed by atoms with Crippen molar-refractivity contribution in [3.8, 4) is 17.2 Å². The molecule has 0 amide bonds. The number of carbonyl (C=O) groups excluding carboxylic acids is 1. The first-order chi connectivity index (χ1) is 19.5. The van der Waals surface area contributed by atoms with Crippen molar-refractivity contribution in [1.29, 1.82) is 0 Å². The number of aromatic nitrogens is 1. The van der Waals surface area contributed by atoms with Crippen molar-refractivity contribution in [2.75, 3.05) is 13.7 Å². The lowest BCUT2D eigenvalue weighted by Crippen LogP contribution is -2.38. The van der Waals surface area contributed by atoms with E-state index in [-0.39, 0.29) is 11.6 Å². The van der Waals surface area contributed by atoms with Gasteiger partial charge in [0.25, 0.3) is 5.56 Å². The Labute approximate surface area is 235 Å². The van der Waals surface area contributed by atoms with E-state index in [0.717, 1.165) is 46.6 Å². The molecule has 0 unspecified atom stereocenters. The fourth-order valence-electron chi connectivity index (χ4n) is 5.38. The van der Waals surface area contributed by atoms with Crippen LogP contribution in [0.25, 0.3) is 11.8 Å². The molecule has 40 heavy (non-hydrogen) atoms. The van der Waals surface area contributed by atoms with Crippen molar-refractivity contribution >= 4 is 29.1 Å². The number of ether oxygens (including phenoxy) is 3. The van der Waals surface area contributed by atoms with Crippen LogP contribution >= 0.6 is 11.3 Å². The third-order valence-electron chi connectivity index (χ3n) is 7.12. The van der Waals surface area contributed by atoms with Gasteiger partial charge in [-0.1, -0.05) is 53.8 Å². The number of carbonyl (C=O) groups is 1. The number of allylic oxidation sites excluding steroid dienone is 1. The number of aryl methyl sites for hydroxylation is 1. The Kier molecular flexibility index (Phi) is 6.86. The zero-order valence-corrected chi connectivity index (χ0v) is 23.3. The summed E-state index contributed by atoms with van der Waals surface area (Å²) < 4.78 is 18.8. The summed E-state index contributed by atoms with van der Waals surface area (Å²) in [5, 5.41) is 0. The van der Waals surface area contributed by atoms with Crippen molar-refractivity contribution in [2.24, 2.45) is 4.99 Å². The molecule has 4 aromatic rings. The lowest BCUT2D eigenvalue weighted by atomic mass is 9.83. The zero-order chi connectivity index (χ0) is 27.8. The van der Waals surface area contributed by atoms with Crippen molar-refractivity contribution < 1.29 is 19.0 Å². The Balaban J connectivity index is 1.53. The minimum absolute atomic E-state index is 0.100. The minimum atomic E-state index is -0.425. The van der Waals surface area contributed by atoms with Gasteiger partial charge in [-0.3, -0.25) is 14.2 Å². The molecule has 0 spiro atoms. The van der Waals surface area contributed by atoms with E-state index in [9.17, 15) is 9.59 Å². The smallest absolute Gasteiger partial charge is 0.308 e. The fourth-order valence-corrected chi connectivity index (χ4v) is 6.38. The number of methoxy groups -OCH3 is 1. The van der Waals surface area contributed by atoms with Crippen LogP contribution in [0.5, 0.6) is 17.2 Å². The monoisotopic (exact) mass is 552 g/mol. The predicted octanol–water partition coefficient (Wildman–Crippen LogP) is 4.65. The number of hydrogen-bond acceptors (Lipinski definition) is 7. The van der Waals surface area contributed by atoms with Crippen LogP contribution in [0.15, 0.2) is 82.1 Å². The van der Waals surface area contributed by atoms with Gasteiger partial charge in [0.05, 0.1) is 30.0 Å². The summed E-state index contributed by atoms with van der Waals surface area (Å²) in [6, 6.07) is 21.3. The van der Waals surface area contributed by atoms with E-state index >= 15 is 0 Å². The number of thiazole rings is 1. The molecule has 6 rings (SSSR count). The van der Waals surface area contributed by atoms with Crippen molar-refractivity contribution in [3.63, 3.8) is 0 Å². The van der Waals surface area contributed by atoms with Gasteiger partial charge in [-0.05, 0) is 72.4 Å². The van der Waals surface area contributed by atoms with Gasteiger partial charge in [0.15, 0.2) is 16.3 Å². The maximum atomic E-state index is 14.0. The van der Waals surface area contributed by atoms with E-state index in [1.165, 1.54) is 23.8 Å². The number of esters is 1. The standard InChI is InChI=1S/C32H28N2O5S/c1-4-38-27-17-20(9-16-26(27)39-19(2)35)18-28-31(36)34-30(22-10-13-23(37-3)14-11-22)25-15-12-21-7-5-6-8-24(21)29(25)33-32(34)40-28/h5-11,13-14,16-18,30H,4,12,15H2,1-3H3/b28-18-/t30-/m0/s1. The van der Waals surface area contributed by atoms with Gasteiger partial charge in [0.2, 0.25) is 0 Å². The summed E-state index contributed by atoms with van der Waals surface area (Å²) in [7, 11) is 1.65. The third kappa shape index (κ3) is 4.64. The highest BCUT2D eigenvalue weighted by Crippen LogP contribution is 2.41. The Morgan fingerprint density at radius 1 is 1.07 bits per heavy atom. The molecule has 0 fully saturated rings. The topological polar surface area (TPSA) is 79.1 Å². The number of benzene rings is 3. The lowest BCUT2D eigenvalue weighted by molar-refractivity contribution is -0.132. The Hall–Kier alpha value is -4.43. The van der Waals surface area contributed by atoms with Crippen LogP contribution in [0, 0.1) is 0 Å². The van der Waals surface area contributed by atoms with Gasteiger partial charge in [-0.2, -0.15) is 0 Å². The predicted molar refractivity (Wildman–Crippen MR) is 155 cm³/mol. The van der Waals surface area contributed by atoms with E-state index in [0.29, 0.717) is 27.4 Å². The average Bonchev–Trinajstić information content (AvgIpc) is 3.27. The number of hydrogen-bond donors (Lipinski definition) is 0. The lowest BCUT2D eigenvalue weighted by Gasteiger charge is -2.30. The second kappa shape index (κ2) is 10.6. The van der Waals surface area contributed by atoms with E-state index in [1.54, 1.807) is 25.3 Å². The van der Waals surface area contributed by atoms with E-state index < -0.39 is 5.97 Å². The Morgan fingerprint density at radius 2 is 1.88 bits per heavy atom. The van der Waals surface area contributed by atoms with E-state index in [4.69, 9.17) is 19.2 Å². The van der Waals surface area contributed by atoms with Crippen molar-refractivity contribution in [2.45, 2.75) is 32.7 Å². The molecule has 0 saturated carbocycles. The first-order valence-electron chi connectivity index (χ1n) is 13.2. The van der Waals surface area contributed by atoms with Crippen LogP contribution in [-0.2, 0) is 11.2 Å². The number of nitrogens with zero attached hydrogens (tertiary/aromatic N) is 2. The maximum absolute atomic E-state index is 14.0. The van der Waals surface area contributed by atoms with E-state index in [1.807, 2.05) is 47.9 Å². The summed E-state index contributed by atoms with van der Waals surface area (Å²) in [5.74, 6) is 1.13. The molecule has 1 aliphatic heterocycles. The van der Waals surface area contributed by atoms with Crippen molar-refractivity contribution in [1.82, 2.24) is 4.57 Å². The number of rotatable bonds is 6. The second-order valence-electron chi connectivity index (χ2n) is 9.62. The number of fused-ring (bicyclic) bond motifs is 3. The molecule has 1 aromatic heterocycles. The second-order valence-corrected chi connectivity index (χ2v) is 10.6. The molecule has 1 aliphatic carbocycles. The SMILES string of the molecule is CCOc1cc(/C=c2\sc3n(c2=O)[C@@H](c2ccc(OC)cc2)C2=C(N=3)c3ccccc3CC2)ccc1OC(C)=O. The highest BCUT2D eigenvalue weighted by molar-refractivity contribution is 7.07. The molecule has 1 atom stereocenters. The van der Waals surface area contributed by atoms with Crippen LogP contribution < -0.4 is 29.1 Å². The highest BCUT2D eigenvalue weighted by atomic mass is 32.1. The van der Waals surface area contributed by atoms with Gasteiger partial charge in [-0.25, -0.2) is 4.99 Å². The highest BCUT2D eigenvalue weighted by Gasteiger charge is 2.32. The molecular weight excluding hydrogens is 524 g/mol. The van der Waals surface area contributed by atoms with Crippen LogP contribution in [0.2, 0.25) is 0 Å². The minimum Gasteiger partial charge on any atom is -0.497 e. The first-order valence-corrected chi connectivity index (χ1v) is 14.0. The van der Waals surface area contributed by atoms with Crippen LogP contribution in [0.3, 0.4) is 0 Å². The van der Waals surface area contributed by atoms with Crippen molar-refractivity contribution in [3.05, 3.63) is 114 Å². The molecule has 202 valence electrons. The average molecular weight is 553 g/mol. The molecule has 0 N–H and O–H groups in total. The first kappa shape index (κ1) is 25.8. The summed E-state index contributed by atoms with van der Waals surface area (Å²) >= 11 is 1.37. The molecular formula is C32H28N2O5S.